The van der Waals surface area contributed by atoms with Gasteiger partial charge in [0, 0.05) is 24.1 Å². The van der Waals surface area contributed by atoms with E-state index in [1.165, 1.54) is 22.0 Å². The van der Waals surface area contributed by atoms with Gasteiger partial charge in [0.2, 0.25) is 0 Å². The molecule has 96 valence electrons. The number of halogens is 1. The van der Waals surface area contributed by atoms with Gasteiger partial charge in [-0.1, -0.05) is 28.9 Å². The van der Waals surface area contributed by atoms with Crippen molar-refractivity contribution in [3.05, 3.63) is 33.8 Å². The van der Waals surface area contributed by atoms with Crippen molar-refractivity contribution in [3.8, 4) is 0 Å². The molecule has 0 amide bonds. The number of benzene rings is 1. The Morgan fingerprint density at radius 1 is 1.24 bits per heavy atom. The van der Waals surface area contributed by atoms with Gasteiger partial charge in [0.05, 0.1) is 0 Å². The predicted octanol–water partition coefficient (Wildman–Crippen LogP) is 3.19. The zero-order valence-electron chi connectivity index (χ0n) is 11.1. The molecule has 0 aromatic heterocycles. The minimum Gasteiger partial charge on any atom is -0.315 e. The quantitative estimate of drug-likeness (QED) is 0.778. The molecule has 0 saturated carbocycles. The third kappa shape index (κ3) is 6.20. The molecule has 1 aromatic rings. The van der Waals surface area contributed by atoms with E-state index in [2.05, 4.69) is 65.2 Å². The maximum Gasteiger partial charge on any atom is 0.0231 e. The lowest BCUT2D eigenvalue weighted by molar-refractivity contribution is 0.324. The van der Waals surface area contributed by atoms with Crippen LogP contribution in [0.4, 0.5) is 0 Å². The smallest absolute Gasteiger partial charge is 0.0231 e. The minimum atomic E-state index is 1.01. The van der Waals surface area contributed by atoms with Crippen LogP contribution in [-0.2, 0) is 6.54 Å². The second kappa shape index (κ2) is 7.85. The summed E-state index contributed by atoms with van der Waals surface area (Å²) in [6.07, 6.45) is 1.20. The van der Waals surface area contributed by atoms with E-state index < -0.39 is 0 Å². The third-order valence-electron chi connectivity index (χ3n) is 2.65. The highest BCUT2D eigenvalue weighted by atomic mass is 79.9. The highest BCUT2D eigenvalue weighted by molar-refractivity contribution is 9.10. The zero-order chi connectivity index (χ0) is 12.7. The molecule has 1 N–H and O–H groups in total. The van der Waals surface area contributed by atoms with E-state index in [4.69, 9.17) is 0 Å². The minimum absolute atomic E-state index is 1.01. The molecule has 0 radical (unpaired) electrons. The lowest BCUT2D eigenvalue weighted by Gasteiger charge is -2.17. The van der Waals surface area contributed by atoms with Crippen LogP contribution in [-0.4, -0.2) is 31.6 Å². The standard InChI is InChI=1S/C14H23BrN2/c1-4-5-16-6-7-17(3)11-13-8-12(2)9-14(15)10-13/h8-10,16H,4-7,11H2,1-3H3. The van der Waals surface area contributed by atoms with Crippen LogP contribution < -0.4 is 5.32 Å². The summed E-state index contributed by atoms with van der Waals surface area (Å²) >= 11 is 3.55. The van der Waals surface area contributed by atoms with Gasteiger partial charge in [-0.2, -0.15) is 0 Å². The maximum absolute atomic E-state index is 3.55. The Morgan fingerprint density at radius 3 is 2.65 bits per heavy atom. The van der Waals surface area contributed by atoms with Crippen LogP contribution in [0.15, 0.2) is 22.7 Å². The van der Waals surface area contributed by atoms with Crippen LogP contribution >= 0.6 is 15.9 Å². The van der Waals surface area contributed by atoms with E-state index >= 15 is 0 Å². The average Bonchev–Trinajstić information content (AvgIpc) is 2.23. The molecule has 1 rings (SSSR count). The van der Waals surface area contributed by atoms with Crippen LogP contribution in [0.25, 0.3) is 0 Å². The molecule has 17 heavy (non-hydrogen) atoms. The number of hydrogen-bond donors (Lipinski definition) is 1. The Bertz CT molecular complexity index is 319. The SMILES string of the molecule is CCCNCCN(C)Cc1cc(C)cc(Br)c1. The molecule has 0 bridgehead atoms. The van der Waals surface area contributed by atoms with Crippen molar-refractivity contribution in [2.75, 3.05) is 26.7 Å². The first kappa shape index (κ1) is 14.7. The second-order valence-electron chi connectivity index (χ2n) is 4.62. The van der Waals surface area contributed by atoms with Gasteiger partial charge in [-0.25, -0.2) is 0 Å². The van der Waals surface area contributed by atoms with Gasteiger partial charge in [0.15, 0.2) is 0 Å². The van der Waals surface area contributed by atoms with E-state index in [0.717, 1.165) is 26.2 Å². The molecule has 0 heterocycles. The molecule has 0 fully saturated rings. The number of aryl methyl sites for hydroxylation is 1. The van der Waals surface area contributed by atoms with Gasteiger partial charge < -0.3 is 10.2 Å². The first-order valence-corrected chi connectivity index (χ1v) is 7.06. The van der Waals surface area contributed by atoms with Gasteiger partial charge in [-0.05, 0) is 50.2 Å². The largest absolute Gasteiger partial charge is 0.315 e. The first-order valence-electron chi connectivity index (χ1n) is 6.27. The summed E-state index contributed by atoms with van der Waals surface area (Å²) in [5, 5.41) is 3.42. The van der Waals surface area contributed by atoms with E-state index in [-0.39, 0.29) is 0 Å². The highest BCUT2D eigenvalue weighted by Gasteiger charge is 2.01. The molecule has 0 aliphatic carbocycles. The predicted molar refractivity (Wildman–Crippen MR) is 78.4 cm³/mol. The average molecular weight is 299 g/mol. The summed E-state index contributed by atoms with van der Waals surface area (Å²) in [5.74, 6) is 0. The monoisotopic (exact) mass is 298 g/mol. The molecular formula is C14H23BrN2. The maximum atomic E-state index is 3.55. The van der Waals surface area contributed by atoms with Crippen molar-refractivity contribution in [3.63, 3.8) is 0 Å². The van der Waals surface area contributed by atoms with Gasteiger partial charge in [0.25, 0.3) is 0 Å². The van der Waals surface area contributed by atoms with Crippen LogP contribution in [0.2, 0.25) is 0 Å². The summed E-state index contributed by atoms with van der Waals surface area (Å²) in [5.41, 5.74) is 2.68. The van der Waals surface area contributed by atoms with Crippen molar-refractivity contribution < 1.29 is 0 Å². The topological polar surface area (TPSA) is 15.3 Å². The molecule has 1 aromatic carbocycles. The number of rotatable bonds is 7. The van der Waals surface area contributed by atoms with Crippen LogP contribution in [0, 0.1) is 6.92 Å². The fourth-order valence-corrected chi connectivity index (χ4v) is 2.52. The summed E-state index contributed by atoms with van der Waals surface area (Å²) in [7, 11) is 2.17. The van der Waals surface area contributed by atoms with Crippen molar-refractivity contribution in [1.29, 1.82) is 0 Å². The Labute approximate surface area is 114 Å². The summed E-state index contributed by atoms with van der Waals surface area (Å²) in [4.78, 5) is 2.35. The van der Waals surface area contributed by atoms with Crippen molar-refractivity contribution in [1.82, 2.24) is 10.2 Å². The molecule has 0 atom stereocenters. The number of nitrogens with one attached hydrogen (secondary N) is 1. The molecular weight excluding hydrogens is 276 g/mol. The summed E-state index contributed by atoms with van der Waals surface area (Å²) in [6, 6.07) is 6.59. The van der Waals surface area contributed by atoms with Gasteiger partial charge >= 0.3 is 0 Å². The summed E-state index contributed by atoms with van der Waals surface area (Å²) in [6.45, 7) is 8.61. The summed E-state index contributed by atoms with van der Waals surface area (Å²) < 4.78 is 1.17. The normalized spacial score (nSPS) is 11.1. The molecule has 0 spiro atoms. The lowest BCUT2D eigenvalue weighted by Crippen LogP contribution is -2.29. The van der Waals surface area contributed by atoms with Crippen molar-refractivity contribution in [2.45, 2.75) is 26.8 Å². The van der Waals surface area contributed by atoms with E-state index in [1.54, 1.807) is 0 Å². The van der Waals surface area contributed by atoms with Crippen LogP contribution in [0.1, 0.15) is 24.5 Å². The number of likely N-dealkylation sites (N-methyl/N-ethyl adjacent to an activating group) is 1. The van der Waals surface area contributed by atoms with Crippen LogP contribution in [0.3, 0.4) is 0 Å². The van der Waals surface area contributed by atoms with E-state index in [1.807, 2.05) is 0 Å². The zero-order valence-corrected chi connectivity index (χ0v) is 12.7. The Balaban J connectivity index is 2.36. The van der Waals surface area contributed by atoms with E-state index in [0.29, 0.717) is 0 Å². The van der Waals surface area contributed by atoms with Crippen molar-refractivity contribution in [2.24, 2.45) is 0 Å². The Kier molecular flexibility index (Phi) is 6.78. The lowest BCUT2D eigenvalue weighted by atomic mass is 10.1. The molecule has 0 saturated heterocycles. The van der Waals surface area contributed by atoms with E-state index in [9.17, 15) is 0 Å². The number of nitrogens with zero attached hydrogens (tertiary/aromatic N) is 1. The van der Waals surface area contributed by atoms with Crippen molar-refractivity contribution >= 4 is 15.9 Å². The fraction of sp³-hybridized carbons (Fsp3) is 0.571. The molecule has 3 heteroatoms. The fourth-order valence-electron chi connectivity index (χ4n) is 1.87. The molecule has 0 aliphatic heterocycles. The highest BCUT2D eigenvalue weighted by Crippen LogP contribution is 2.16. The molecule has 0 aliphatic rings. The molecule has 2 nitrogen and oxygen atoms in total. The number of hydrogen-bond acceptors (Lipinski definition) is 2. The Hall–Kier alpha value is -0.380. The van der Waals surface area contributed by atoms with Gasteiger partial charge in [-0.3, -0.25) is 0 Å². The third-order valence-corrected chi connectivity index (χ3v) is 3.11. The molecule has 0 unspecified atom stereocenters. The second-order valence-corrected chi connectivity index (χ2v) is 5.54. The van der Waals surface area contributed by atoms with Crippen LogP contribution in [0.5, 0.6) is 0 Å². The van der Waals surface area contributed by atoms with Gasteiger partial charge in [0.1, 0.15) is 0 Å². The first-order chi connectivity index (χ1) is 8.11. The van der Waals surface area contributed by atoms with Gasteiger partial charge in [-0.15, -0.1) is 0 Å². The Morgan fingerprint density at radius 2 is 2.00 bits per heavy atom.